The zero-order valence-electron chi connectivity index (χ0n) is 14.3. The topological polar surface area (TPSA) is 50.4 Å². The molecular weight excluding hydrogens is 381 g/mol. The van der Waals surface area contributed by atoms with Crippen molar-refractivity contribution in [2.45, 2.75) is 19.1 Å². The fourth-order valence-corrected chi connectivity index (χ4v) is 2.97. The number of benzene rings is 2. The van der Waals surface area contributed by atoms with E-state index in [4.69, 9.17) is 16.3 Å². The molecule has 1 atom stereocenters. The van der Waals surface area contributed by atoms with Crippen LogP contribution in [0, 0.1) is 5.92 Å². The summed E-state index contributed by atoms with van der Waals surface area (Å²) < 4.78 is 44.6. The number of amides is 1. The molecule has 0 aliphatic carbocycles. The molecule has 1 amide bonds. The molecule has 2 aromatic carbocycles. The van der Waals surface area contributed by atoms with Gasteiger partial charge in [0.1, 0.15) is 0 Å². The Balaban J connectivity index is 1.63. The zero-order chi connectivity index (χ0) is 19.4. The highest BCUT2D eigenvalue weighted by molar-refractivity contribution is 6.30. The van der Waals surface area contributed by atoms with Crippen LogP contribution in [0.2, 0.25) is 5.02 Å². The predicted octanol–water partition coefficient (Wildman–Crippen LogP) is 4.76. The molecule has 1 fully saturated rings. The van der Waals surface area contributed by atoms with E-state index in [2.05, 4.69) is 10.6 Å². The van der Waals surface area contributed by atoms with E-state index < -0.39 is 11.7 Å². The highest BCUT2D eigenvalue weighted by Gasteiger charge is 2.33. The van der Waals surface area contributed by atoms with Crippen molar-refractivity contribution in [2.24, 2.45) is 5.92 Å². The first-order valence-corrected chi connectivity index (χ1v) is 8.79. The summed E-state index contributed by atoms with van der Waals surface area (Å²) in [6, 6.07) is 10.4. The summed E-state index contributed by atoms with van der Waals surface area (Å²) in [5.74, 6) is -0.165. The van der Waals surface area contributed by atoms with Crippen molar-refractivity contribution in [1.82, 2.24) is 5.32 Å². The Kier molecular flexibility index (Phi) is 5.92. The summed E-state index contributed by atoms with van der Waals surface area (Å²) in [5.41, 5.74) is 0.446. The highest BCUT2D eigenvalue weighted by Crippen LogP contribution is 2.37. The lowest BCUT2D eigenvalue weighted by atomic mass is 10.1. The van der Waals surface area contributed by atoms with Gasteiger partial charge in [0.25, 0.3) is 0 Å². The number of hydrogen-bond acceptors (Lipinski definition) is 3. The normalized spacial score (nSPS) is 17.0. The lowest BCUT2D eigenvalue weighted by molar-refractivity contribution is -0.137. The number of anilines is 2. The maximum Gasteiger partial charge on any atom is 0.418 e. The molecule has 3 rings (SSSR count). The Morgan fingerprint density at radius 2 is 1.93 bits per heavy atom. The summed E-state index contributed by atoms with van der Waals surface area (Å²) in [7, 11) is 0. The third kappa shape index (κ3) is 5.14. The van der Waals surface area contributed by atoms with Gasteiger partial charge >= 0.3 is 6.18 Å². The third-order valence-corrected chi connectivity index (χ3v) is 4.52. The fraction of sp³-hybridized carbons (Fsp3) is 0.316. The molecule has 0 radical (unpaired) electrons. The van der Waals surface area contributed by atoms with E-state index in [1.807, 2.05) is 0 Å². The molecule has 2 aromatic rings. The number of hydrogen-bond donors (Lipinski definition) is 2. The lowest BCUT2D eigenvalue weighted by Gasteiger charge is -2.15. The van der Waals surface area contributed by atoms with Gasteiger partial charge in [-0.2, -0.15) is 13.2 Å². The van der Waals surface area contributed by atoms with Gasteiger partial charge in [0, 0.05) is 23.9 Å². The quantitative estimate of drug-likeness (QED) is 0.763. The van der Waals surface area contributed by atoms with Crippen LogP contribution in [-0.4, -0.2) is 19.1 Å². The van der Waals surface area contributed by atoms with Gasteiger partial charge in [-0.25, -0.2) is 0 Å². The van der Waals surface area contributed by atoms with Gasteiger partial charge in [-0.3, -0.25) is 4.79 Å². The molecule has 0 bridgehead atoms. The van der Waals surface area contributed by atoms with Crippen molar-refractivity contribution < 1.29 is 22.7 Å². The highest BCUT2D eigenvalue weighted by atomic mass is 35.5. The molecule has 1 aliphatic heterocycles. The molecule has 0 aromatic heterocycles. The van der Waals surface area contributed by atoms with Crippen molar-refractivity contribution in [3.05, 3.63) is 58.6 Å². The minimum Gasteiger partial charge on any atom is -0.381 e. The number of nitrogens with one attached hydrogen (secondary N) is 2. The Labute approximate surface area is 159 Å². The number of ether oxygens (including phenoxy) is 1. The van der Waals surface area contributed by atoms with Crippen LogP contribution in [0.5, 0.6) is 0 Å². The van der Waals surface area contributed by atoms with Gasteiger partial charge < -0.3 is 15.4 Å². The van der Waals surface area contributed by atoms with E-state index in [9.17, 15) is 18.0 Å². The number of alkyl halides is 3. The van der Waals surface area contributed by atoms with Crippen LogP contribution < -0.4 is 10.6 Å². The van der Waals surface area contributed by atoms with Crippen LogP contribution in [-0.2, 0) is 22.3 Å². The Bertz CT molecular complexity index is 804. The average Bonchev–Trinajstić information content (AvgIpc) is 3.16. The lowest BCUT2D eigenvalue weighted by Crippen LogP contribution is -2.30. The molecular formula is C19H18ClF3N2O2. The number of carbonyl (C=O) groups is 1. The average molecular weight is 399 g/mol. The minimum atomic E-state index is -4.51. The summed E-state index contributed by atoms with van der Waals surface area (Å²) in [6.07, 6.45) is -3.79. The molecule has 8 heteroatoms. The Hall–Kier alpha value is -2.25. The summed E-state index contributed by atoms with van der Waals surface area (Å²) in [4.78, 5) is 12.0. The van der Waals surface area contributed by atoms with E-state index in [0.717, 1.165) is 18.1 Å². The Morgan fingerprint density at radius 1 is 1.19 bits per heavy atom. The third-order valence-electron chi connectivity index (χ3n) is 4.29. The second-order valence-corrected chi connectivity index (χ2v) is 6.72. The molecule has 1 saturated heterocycles. The van der Waals surface area contributed by atoms with Crippen molar-refractivity contribution in [3.8, 4) is 0 Å². The van der Waals surface area contributed by atoms with Gasteiger partial charge in [-0.15, -0.1) is 0 Å². The predicted molar refractivity (Wildman–Crippen MR) is 97.0 cm³/mol. The summed E-state index contributed by atoms with van der Waals surface area (Å²) in [6.45, 7) is 1.39. The van der Waals surface area contributed by atoms with E-state index in [0.29, 0.717) is 25.4 Å². The molecule has 1 heterocycles. The first-order valence-electron chi connectivity index (χ1n) is 8.41. The molecule has 27 heavy (non-hydrogen) atoms. The first kappa shape index (κ1) is 19.5. The maximum atomic E-state index is 13.2. The van der Waals surface area contributed by atoms with Crippen LogP contribution in [0.25, 0.3) is 0 Å². The van der Waals surface area contributed by atoms with Gasteiger partial charge in [0.2, 0.25) is 5.91 Å². The van der Waals surface area contributed by atoms with Crippen molar-refractivity contribution >= 4 is 28.9 Å². The summed E-state index contributed by atoms with van der Waals surface area (Å²) in [5, 5.41) is 5.62. The number of rotatable bonds is 5. The fourth-order valence-electron chi connectivity index (χ4n) is 2.80. The Morgan fingerprint density at radius 3 is 2.56 bits per heavy atom. The maximum absolute atomic E-state index is 13.2. The number of halogens is 4. The van der Waals surface area contributed by atoms with Crippen molar-refractivity contribution in [3.63, 3.8) is 0 Å². The molecule has 2 N–H and O–H groups in total. The second-order valence-electron chi connectivity index (χ2n) is 6.29. The molecule has 0 saturated carbocycles. The van der Waals surface area contributed by atoms with Gasteiger partial charge in [0.05, 0.1) is 23.8 Å². The molecule has 144 valence electrons. The largest absolute Gasteiger partial charge is 0.418 e. The standard InChI is InChI=1S/C19H18ClF3N2O2/c20-14-3-6-17(16(9-14)19(21,22)23)25-15-4-1-12(2-5-15)10-24-18(26)13-7-8-27-11-13/h1-6,9,13,25H,7-8,10-11H2,(H,24,26)/t13-/m1/s1. The first-order chi connectivity index (χ1) is 12.8. The van der Waals surface area contributed by atoms with E-state index in [-0.39, 0.29) is 22.5 Å². The summed E-state index contributed by atoms with van der Waals surface area (Å²) >= 11 is 5.68. The molecule has 0 spiro atoms. The molecule has 1 aliphatic rings. The van der Waals surface area contributed by atoms with Gasteiger partial charge in [-0.05, 0) is 42.3 Å². The van der Waals surface area contributed by atoms with Crippen molar-refractivity contribution in [2.75, 3.05) is 18.5 Å². The van der Waals surface area contributed by atoms with Gasteiger partial charge in [0.15, 0.2) is 0 Å². The van der Waals surface area contributed by atoms with Crippen LogP contribution in [0.1, 0.15) is 17.5 Å². The van der Waals surface area contributed by atoms with Crippen LogP contribution >= 0.6 is 11.6 Å². The van der Waals surface area contributed by atoms with E-state index >= 15 is 0 Å². The van der Waals surface area contributed by atoms with E-state index in [1.54, 1.807) is 24.3 Å². The minimum absolute atomic E-state index is 0.0200. The van der Waals surface area contributed by atoms with Crippen LogP contribution in [0.15, 0.2) is 42.5 Å². The monoisotopic (exact) mass is 398 g/mol. The molecule has 4 nitrogen and oxygen atoms in total. The van der Waals surface area contributed by atoms with Crippen LogP contribution in [0.4, 0.5) is 24.5 Å². The smallest absolute Gasteiger partial charge is 0.381 e. The second kappa shape index (κ2) is 8.19. The SMILES string of the molecule is O=C(NCc1ccc(Nc2ccc(Cl)cc2C(F)(F)F)cc1)[C@@H]1CCOC1. The number of carbonyl (C=O) groups excluding carboxylic acids is 1. The zero-order valence-corrected chi connectivity index (χ0v) is 15.0. The van der Waals surface area contributed by atoms with Crippen LogP contribution in [0.3, 0.4) is 0 Å². The van der Waals surface area contributed by atoms with Crippen molar-refractivity contribution in [1.29, 1.82) is 0 Å². The molecule has 0 unspecified atom stereocenters. The van der Waals surface area contributed by atoms with Gasteiger partial charge in [-0.1, -0.05) is 23.7 Å². The van der Waals surface area contributed by atoms with E-state index in [1.165, 1.54) is 12.1 Å².